The lowest BCUT2D eigenvalue weighted by Crippen LogP contribution is -2.37. The second-order valence-electron chi connectivity index (χ2n) is 18.2. The standard InChI is InChI=1S/C53H96NO8P/c1-6-8-10-12-14-16-18-20-22-23-24-25-26-27-28-29-30-31-32-34-36-38-40-42-44-46-53(56)62-51(50-61-63(57,58)60-48-47-54(3,4)5)49-59-52(55)45-43-41-39-37-35-33-21-19-17-15-13-11-9-7-2/h8,10,14,16,19-22,24-25,51H,6-7,9,11-13,15,17-18,23,26-50H2,1-5H3/p+1/b10-8-,16-14-,21-19-,22-20-,25-24-. The van der Waals surface area contributed by atoms with E-state index < -0.39 is 26.5 Å². The van der Waals surface area contributed by atoms with E-state index in [1.54, 1.807) is 0 Å². The zero-order valence-corrected chi connectivity index (χ0v) is 42.2. The van der Waals surface area contributed by atoms with E-state index in [4.69, 9.17) is 18.5 Å². The summed E-state index contributed by atoms with van der Waals surface area (Å²) in [6.45, 7) is 4.30. The van der Waals surface area contributed by atoms with Crippen LogP contribution in [0.5, 0.6) is 0 Å². The highest BCUT2D eigenvalue weighted by atomic mass is 31.2. The molecule has 0 spiro atoms. The maximum absolute atomic E-state index is 12.8. The van der Waals surface area contributed by atoms with E-state index >= 15 is 0 Å². The molecular weight excluding hydrogens is 810 g/mol. The van der Waals surface area contributed by atoms with E-state index in [9.17, 15) is 19.0 Å². The summed E-state index contributed by atoms with van der Waals surface area (Å²) in [5.41, 5.74) is 0. The van der Waals surface area contributed by atoms with E-state index in [1.165, 1.54) is 96.3 Å². The molecule has 0 heterocycles. The quantitative estimate of drug-likeness (QED) is 0.0212. The molecule has 1 N–H and O–H groups in total. The molecule has 0 fully saturated rings. The highest BCUT2D eigenvalue weighted by Gasteiger charge is 2.27. The Bertz CT molecular complexity index is 1250. The van der Waals surface area contributed by atoms with Gasteiger partial charge in [0, 0.05) is 12.8 Å². The lowest BCUT2D eigenvalue weighted by Gasteiger charge is -2.24. The van der Waals surface area contributed by atoms with Crippen LogP contribution < -0.4 is 0 Å². The van der Waals surface area contributed by atoms with Gasteiger partial charge in [-0.3, -0.25) is 18.6 Å². The van der Waals surface area contributed by atoms with E-state index in [-0.39, 0.29) is 32.0 Å². The molecule has 9 nitrogen and oxygen atoms in total. The first-order chi connectivity index (χ1) is 30.5. The Balaban J connectivity index is 4.22. The zero-order valence-electron chi connectivity index (χ0n) is 41.3. The molecule has 0 aromatic carbocycles. The Morgan fingerprint density at radius 2 is 0.905 bits per heavy atom. The molecule has 0 saturated carbocycles. The van der Waals surface area contributed by atoms with Gasteiger partial charge in [0.05, 0.1) is 27.7 Å². The van der Waals surface area contributed by atoms with Gasteiger partial charge in [-0.1, -0.05) is 184 Å². The first-order valence-electron chi connectivity index (χ1n) is 25.5. The summed E-state index contributed by atoms with van der Waals surface area (Å²) in [5.74, 6) is -0.809. The maximum Gasteiger partial charge on any atom is 0.472 e. The number of nitrogens with zero attached hydrogens (tertiary/aromatic N) is 1. The van der Waals surface area contributed by atoms with E-state index in [0.717, 1.165) is 83.5 Å². The summed E-state index contributed by atoms with van der Waals surface area (Å²) >= 11 is 0. The average molecular weight is 907 g/mol. The van der Waals surface area contributed by atoms with Crippen LogP contribution >= 0.6 is 7.82 Å². The van der Waals surface area contributed by atoms with Crippen molar-refractivity contribution in [1.82, 2.24) is 0 Å². The van der Waals surface area contributed by atoms with Gasteiger partial charge in [0.15, 0.2) is 6.10 Å². The number of carbonyl (C=O) groups excluding carboxylic acids is 2. The van der Waals surface area contributed by atoms with Gasteiger partial charge in [-0.25, -0.2) is 4.57 Å². The smallest absolute Gasteiger partial charge is 0.462 e. The van der Waals surface area contributed by atoms with Gasteiger partial charge >= 0.3 is 19.8 Å². The zero-order chi connectivity index (χ0) is 46.4. The molecule has 2 atom stereocenters. The van der Waals surface area contributed by atoms with Gasteiger partial charge in [-0.2, -0.15) is 0 Å². The molecular formula is C53H97NO8P+. The van der Waals surface area contributed by atoms with Crippen LogP contribution in [0.4, 0.5) is 0 Å². The van der Waals surface area contributed by atoms with Crippen LogP contribution in [-0.2, 0) is 32.7 Å². The van der Waals surface area contributed by atoms with Crippen LogP contribution in [0.15, 0.2) is 60.8 Å². The fraction of sp³-hybridized carbons (Fsp3) is 0.774. The van der Waals surface area contributed by atoms with Crippen molar-refractivity contribution >= 4 is 19.8 Å². The van der Waals surface area contributed by atoms with Crippen molar-refractivity contribution in [1.29, 1.82) is 0 Å². The highest BCUT2D eigenvalue weighted by molar-refractivity contribution is 7.47. The number of quaternary nitrogens is 1. The fourth-order valence-corrected chi connectivity index (χ4v) is 7.57. The van der Waals surface area contributed by atoms with Crippen molar-refractivity contribution in [3.05, 3.63) is 60.8 Å². The van der Waals surface area contributed by atoms with Crippen molar-refractivity contribution in [2.75, 3.05) is 47.5 Å². The number of rotatable bonds is 46. The second kappa shape index (κ2) is 44.9. The molecule has 0 aromatic heterocycles. The summed E-state index contributed by atoms with van der Waals surface area (Å²) in [6.07, 6.45) is 55.6. The van der Waals surface area contributed by atoms with Gasteiger partial charge in [0.1, 0.15) is 19.8 Å². The van der Waals surface area contributed by atoms with Gasteiger partial charge in [0.2, 0.25) is 0 Å². The first kappa shape index (κ1) is 60.7. The Kier molecular flexibility index (Phi) is 43.3. The summed E-state index contributed by atoms with van der Waals surface area (Å²) in [5, 5.41) is 0. The molecule has 0 aliphatic heterocycles. The molecule has 2 unspecified atom stereocenters. The molecule has 0 rings (SSSR count). The van der Waals surface area contributed by atoms with Crippen LogP contribution in [0, 0.1) is 0 Å². The normalized spacial score (nSPS) is 13.9. The number of carbonyl (C=O) groups is 2. The Hall–Kier alpha value is -2.29. The van der Waals surface area contributed by atoms with Crippen LogP contribution in [0.1, 0.15) is 213 Å². The van der Waals surface area contributed by atoms with E-state index in [2.05, 4.69) is 74.6 Å². The summed E-state index contributed by atoms with van der Waals surface area (Å²) in [7, 11) is 1.47. The molecule has 0 amide bonds. The predicted molar refractivity (Wildman–Crippen MR) is 266 cm³/mol. The van der Waals surface area contributed by atoms with Crippen molar-refractivity contribution in [2.24, 2.45) is 0 Å². The average Bonchev–Trinajstić information content (AvgIpc) is 3.24. The molecule has 0 aliphatic rings. The highest BCUT2D eigenvalue weighted by Crippen LogP contribution is 2.43. The largest absolute Gasteiger partial charge is 0.472 e. The van der Waals surface area contributed by atoms with Gasteiger partial charge in [-0.15, -0.1) is 0 Å². The number of hydrogen-bond acceptors (Lipinski definition) is 7. The number of hydrogen-bond donors (Lipinski definition) is 1. The number of likely N-dealkylation sites (N-methyl/N-ethyl adjacent to an activating group) is 1. The number of phosphoric acid groups is 1. The SMILES string of the molecule is CC/C=C\C/C=C\C/C=C\C/C=C\CCCCCCCCCCCCCCC(=O)OC(COC(=O)CCCCCCC/C=C\CCCCCCC)COP(=O)(O)OCC[N+](C)(C)C. The number of esters is 2. The predicted octanol–water partition coefficient (Wildman–Crippen LogP) is 15.2. The van der Waals surface area contributed by atoms with Crippen LogP contribution in [0.25, 0.3) is 0 Å². The molecule has 0 bridgehead atoms. The van der Waals surface area contributed by atoms with Crippen LogP contribution in [-0.4, -0.2) is 74.9 Å². The Labute approximate surface area is 387 Å². The number of ether oxygens (including phenoxy) is 2. The molecule has 0 aromatic rings. The topological polar surface area (TPSA) is 108 Å². The first-order valence-corrected chi connectivity index (χ1v) is 27.0. The molecule has 10 heteroatoms. The third kappa shape index (κ3) is 49.0. The lowest BCUT2D eigenvalue weighted by molar-refractivity contribution is -0.870. The molecule has 0 aliphatic carbocycles. The third-order valence-corrected chi connectivity index (χ3v) is 11.8. The second-order valence-corrected chi connectivity index (χ2v) is 19.6. The Morgan fingerprint density at radius 3 is 1.37 bits per heavy atom. The summed E-state index contributed by atoms with van der Waals surface area (Å²) < 4.78 is 34.4. The van der Waals surface area contributed by atoms with Crippen LogP contribution in [0.3, 0.4) is 0 Å². The van der Waals surface area contributed by atoms with E-state index in [1.807, 2.05) is 21.1 Å². The minimum Gasteiger partial charge on any atom is -0.462 e. The van der Waals surface area contributed by atoms with E-state index in [0.29, 0.717) is 17.4 Å². The summed E-state index contributed by atoms with van der Waals surface area (Å²) in [4.78, 5) is 35.5. The minimum atomic E-state index is -4.38. The lowest BCUT2D eigenvalue weighted by atomic mass is 10.0. The van der Waals surface area contributed by atoms with Gasteiger partial charge in [0.25, 0.3) is 0 Å². The fourth-order valence-electron chi connectivity index (χ4n) is 6.82. The third-order valence-electron chi connectivity index (χ3n) is 10.8. The van der Waals surface area contributed by atoms with Gasteiger partial charge in [-0.05, 0) is 77.0 Å². The summed E-state index contributed by atoms with van der Waals surface area (Å²) in [6, 6.07) is 0. The molecule has 0 radical (unpaired) electrons. The van der Waals surface area contributed by atoms with Crippen molar-refractivity contribution in [3.63, 3.8) is 0 Å². The molecule has 63 heavy (non-hydrogen) atoms. The monoisotopic (exact) mass is 907 g/mol. The Morgan fingerprint density at radius 1 is 0.508 bits per heavy atom. The number of phosphoric ester groups is 1. The number of unbranched alkanes of at least 4 members (excludes halogenated alkanes) is 22. The van der Waals surface area contributed by atoms with Crippen LogP contribution in [0.2, 0.25) is 0 Å². The molecule has 0 saturated heterocycles. The maximum atomic E-state index is 12.8. The van der Waals surface area contributed by atoms with Gasteiger partial charge < -0.3 is 18.9 Å². The minimum absolute atomic E-state index is 0.0286. The molecule has 366 valence electrons. The van der Waals surface area contributed by atoms with Crippen molar-refractivity contribution in [2.45, 2.75) is 219 Å². The van der Waals surface area contributed by atoms with Crippen molar-refractivity contribution < 1.29 is 42.1 Å². The van der Waals surface area contributed by atoms with Crippen molar-refractivity contribution in [3.8, 4) is 0 Å². The number of allylic oxidation sites excluding steroid dienone is 10.